The molecule has 0 unspecified atom stereocenters. The summed E-state index contributed by atoms with van der Waals surface area (Å²) in [6, 6.07) is 8.32. The van der Waals surface area contributed by atoms with Crippen LogP contribution in [-0.4, -0.2) is 92.1 Å². The fourth-order valence-electron chi connectivity index (χ4n) is 5.30. The van der Waals surface area contributed by atoms with Crippen LogP contribution in [0.4, 0.5) is 20.4 Å². The number of hydrogen-bond donors (Lipinski definition) is 2. The van der Waals surface area contributed by atoms with Crippen LogP contribution in [0, 0.1) is 5.82 Å². The molecule has 5 aromatic rings. The summed E-state index contributed by atoms with van der Waals surface area (Å²) in [5, 5.41) is 7.35. The third-order valence-corrected chi connectivity index (χ3v) is 7.47. The topological polar surface area (TPSA) is 128 Å². The number of nitrogens with zero attached hydrogens (tertiary/aromatic N) is 8. The van der Waals surface area contributed by atoms with E-state index in [-0.39, 0.29) is 18.3 Å². The summed E-state index contributed by atoms with van der Waals surface area (Å²) in [7, 11) is 0. The van der Waals surface area contributed by atoms with Crippen LogP contribution in [0.25, 0.3) is 28.4 Å². The number of furan rings is 1. The van der Waals surface area contributed by atoms with Crippen molar-refractivity contribution in [2.75, 3.05) is 56.4 Å². The van der Waals surface area contributed by atoms with E-state index in [9.17, 15) is 8.78 Å². The second-order valence-electron chi connectivity index (χ2n) is 10.0. The highest BCUT2D eigenvalue weighted by molar-refractivity contribution is 5.87. The summed E-state index contributed by atoms with van der Waals surface area (Å²) in [4.78, 5) is 18.0. The van der Waals surface area contributed by atoms with E-state index < -0.39 is 12.3 Å². The molecular weight excluding hydrogens is 522 g/mol. The molecule has 0 saturated carbocycles. The Morgan fingerprint density at radius 1 is 1.07 bits per heavy atom. The van der Waals surface area contributed by atoms with Crippen LogP contribution in [0.3, 0.4) is 0 Å². The van der Waals surface area contributed by atoms with Gasteiger partial charge in [0.25, 0.3) is 0 Å². The first kappa shape index (κ1) is 24.7. The number of benzene rings is 1. The fraction of sp³-hybridized carbons (Fsp3) is 0.385. The molecule has 0 aliphatic carbocycles. The van der Waals surface area contributed by atoms with Gasteiger partial charge in [0.1, 0.15) is 17.7 Å². The maximum absolute atomic E-state index is 14.9. The first-order valence-electron chi connectivity index (χ1n) is 13.2. The molecule has 1 aromatic carbocycles. The SMILES string of the molecule is Nc1nc2c(ncn2CCN2CCN(c3ccc(O[C@@H]4CNC[C@H]4F)cc3F)CC2)c2nc(-c3ccco3)nn12. The van der Waals surface area contributed by atoms with Crippen molar-refractivity contribution in [3.63, 3.8) is 0 Å². The standard InChI is InChI=1S/C26H28F2N10O2/c27-17-12-16(40-21-14-30-13-18(21)28)3-4-19(17)36-8-5-35(6-9-36)7-10-37-15-31-22-24(37)33-26(29)38-25(22)32-23(34-38)20-2-1-11-39-20/h1-4,11-12,15,18,21,30H,5-10,13-14H2,(H2,29,33)/t18-,21-/m1/s1. The lowest BCUT2D eigenvalue weighted by Crippen LogP contribution is -2.47. The molecule has 12 nitrogen and oxygen atoms in total. The van der Waals surface area contributed by atoms with Gasteiger partial charge < -0.3 is 29.7 Å². The molecule has 0 bridgehead atoms. The molecule has 0 amide bonds. The lowest BCUT2D eigenvalue weighted by atomic mass is 10.2. The van der Waals surface area contributed by atoms with Crippen LogP contribution in [0.5, 0.6) is 5.75 Å². The first-order valence-corrected chi connectivity index (χ1v) is 13.2. The predicted molar refractivity (Wildman–Crippen MR) is 143 cm³/mol. The molecule has 2 aliphatic heterocycles. The average Bonchev–Trinajstić information content (AvgIpc) is 3.76. The van der Waals surface area contributed by atoms with Crippen LogP contribution in [0.15, 0.2) is 47.3 Å². The molecule has 2 saturated heterocycles. The summed E-state index contributed by atoms with van der Waals surface area (Å²) < 4.78 is 43.2. The van der Waals surface area contributed by atoms with Gasteiger partial charge in [-0.15, -0.1) is 5.10 Å². The van der Waals surface area contributed by atoms with Crippen LogP contribution < -0.4 is 20.7 Å². The highest BCUT2D eigenvalue weighted by Crippen LogP contribution is 2.27. The van der Waals surface area contributed by atoms with Gasteiger partial charge in [-0.3, -0.25) is 4.90 Å². The van der Waals surface area contributed by atoms with Crippen molar-refractivity contribution in [2.45, 2.75) is 18.8 Å². The summed E-state index contributed by atoms with van der Waals surface area (Å²) in [5.41, 5.74) is 8.49. The molecule has 3 N–H and O–H groups in total. The lowest BCUT2D eigenvalue weighted by Gasteiger charge is -2.36. The Balaban J connectivity index is 0.990. The number of ether oxygens (including phenoxy) is 1. The number of rotatable bonds is 7. The zero-order valence-electron chi connectivity index (χ0n) is 21.6. The number of alkyl halides is 1. The van der Waals surface area contributed by atoms with E-state index in [2.05, 4.69) is 30.3 Å². The van der Waals surface area contributed by atoms with Gasteiger partial charge in [0.15, 0.2) is 28.7 Å². The van der Waals surface area contributed by atoms with Gasteiger partial charge in [-0.25, -0.2) is 18.7 Å². The number of halogens is 2. The smallest absolute Gasteiger partial charge is 0.225 e. The number of nitrogen functional groups attached to an aromatic ring is 1. The second-order valence-corrected chi connectivity index (χ2v) is 10.0. The van der Waals surface area contributed by atoms with E-state index in [1.54, 1.807) is 36.9 Å². The molecular formula is C26H28F2N10O2. The molecule has 0 radical (unpaired) electrons. The molecule has 2 fully saturated rings. The van der Waals surface area contributed by atoms with E-state index >= 15 is 0 Å². The molecule has 2 aliphatic rings. The van der Waals surface area contributed by atoms with Gasteiger partial charge in [0.05, 0.1) is 18.3 Å². The van der Waals surface area contributed by atoms with Crippen molar-refractivity contribution in [1.29, 1.82) is 0 Å². The van der Waals surface area contributed by atoms with E-state index in [1.165, 1.54) is 10.6 Å². The highest BCUT2D eigenvalue weighted by Gasteiger charge is 2.29. The van der Waals surface area contributed by atoms with Gasteiger partial charge >= 0.3 is 0 Å². The quantitative estimate of drug-likeness (QED) is 0.310. The minimum Gasteiger partial charge on any atom is -0.486 e. The number of fused-ring (bicyclic) bond motifs is 3. The van der Waals surface area contributed by atoms with Gasteiger partial charge in [-0.2, -0.15) is 9.50 Å². The predicted octanol–water partition coefficient (Wildman–Crippen LogP) is 1.97. The van der Waals surface area contributed by atoms with E-state index in [1.807, 2.05) is 9.47 Å². The zero-order chi connectivity index (χ0) is 27.2. The van der Waals surface area contributed by atoms with E-state index in [0.717, 1.165) is 19.6 Å². The Hall–Kier alpha value is -4.30. The summed E-state index contributed by atoms with van der Waals surface area (Å²) in [6.07, 6.45) is 1.62. The Labute approximate surface area is 227 Å². The van der Waals surface area contributed by atoms with E-state index in [4.69, 9.17) is 14.9 Å². The van der Waals surface area contributed by atoms with Gasteiger partial charge in [-0.05, 0) is 24.3 Å². The molecule has 208 valence electrons. The van der Waals surface area contributed by atoms with Crippen LogP contribution in [-0.2, 0) is 6.54 Å². The van der Waals surface area contributed by atoms with Crippen molar-refractivity contribution in [1.82, 2.24) is 39.3 Å². The number of anilines is 2. The third-order valence-electron chi connectivity index (χ3n) is 7.47. The summed E-state index contributed by atoms with van der Waals surface area (Å²) in [6.45, 7) is 5.02. The van der Waals surface area contributed by atoms with Crippen molar-refractivity contribution >= 4 is 28.4 Å². The minimum absolute atomic E-state index is 0.214. The highest BCUT2D eigenvalue weighted by atomic mass is 19.1. The average molecular weight is 551 g/mol. The van der Waals surface area contributed by atoms with Crippen LogP contribution in [0.2, 0.25) is 0 Å². The van der Waals surface area contributed by atoms with Gasteiger partial charge in [-0.1, -0.05) is 0 Å². The van der Waals surface area contributed by atoms with Crippen molar-refractivity contribution in [2.24, 2.45) is 0 Å². The number of piperazine rings is 1. The Morgan fingerprint density at radius 2 is 1.95 bits per heavy atom. The normalized spacial score (nSPS) is 20.2. The zero-order valence-corrected chi connectivity index (χ0v) is 21.6. The number of nitrogens with one attached hydrogen (secondary N) is 1. The van der Waals surface area contributed by atoms with Gasteiger partial charge in [0.2, 0.25) is 11.8 Å². The molecule has 2 atom stereocenters. The van der Waals surface area contributed by atoms with Crippen molar-refractivity contribution in [3.05, 3.63) is 48.7 Å². The third kappa shape index (κ3) is 4.48. The van der Waals surface area contributed by atoms with Crippen LogP contribution >= 0.6 is 0 Å². The lowest BCUT2D eigenvalue weighted by molar-refractivity contribution is 0.139. The fourth-order valence-corrected chi connectivity index (χ4v) is 5.30. The summed E-state index contributed by atoms with van der Waals surface area (Å²) >= 11 is 0. The van der Waals surface area contributed by atoms with E-state index in [0.29, 0.717) is 66.0 Å². The van der Waals surface area contributed by atoms with Gasteiger partial charge in [0, 0.05) is 58.4 Å². The van der Waals surface area contributed by atoms with Crippen LogP contribution in [0.1, 0.15) is 0 Å². The number of aromatic nitrogens is 6. The molecule has 6 heterocycles. The molecule has 4 aromatic heterocycles. The molecule has 14 heteroatoms. The Bertz CT molecular complexity index is 1640. The Morgan fingerprint density at radius 3 is 2.70 bits per heavy atom. The second kappa shape index (κ2) is 10.0. The first-order chi connectivity index (χ1) is 19.5. The Kier molecular flexibility index (Phi) is 6.20. The van der Waals surface area contributed by atoms with Crippen molar-refractivity contribution < 1.29 is 17.9 Å². The van der Waals surface area contributed by atoms with Crippen molar-refractivity contribution in [3.8, 4) is 17.3 Å². The largest absolute Gasteiger partial charge is 0.486 e. The number of nitrogens with two attached hydrogens (primary N) is 1. The molecule has 0 spiro atoms. The number of imidazole rings is 1. The minimum atomic E-state index is -1.09. The maximum Gasteiger partial charge on any atom is 0.225 e. The monoisotopic (exact) mass is 550 g/mol. The molecule has 7 rings (SSSR count). The maximum atomic E-state index is 14.9. The molecule has 40 heavy (non-hydrogen) atoms. The summed E-state index contributed by atoms with van der Waals surface area (Å²) in [5.74, 6) is 1.15. The number of hydrogen-bond acceptors (Lipinski definition) is 10.